The fourth-order valence-corrected chi connectivity index (χ4v) is 3.36. The molecule has 0 amide bonds. The van der Waals surface area contributed by atoms with Crippen molar-refractivity contribution >= 4 is 0 Å². The van der Waals surface area contributed by atoms with E-state index in [-0.39, 0.29) is 0 Å². The van der Waals surface area contributed by atoms with E-state index in [4.69, 9.17) is 9.47 Å². The van der Waals surface area contributed by atoms with Crippen LogP contribution in [0.15, 0.2) is 48.5 Å². The molecule has 0 bridgehead atoms. The van der Waals surface area contributed by atoms with Gasteiger partial charge in [0.1, 0.15) is 6.61 Å². The summed E-state index contributed by atoms with van der Waals surface area (Å²) in [5.41, 5.74) is 2.45. The van der Waals surface area contributed by atoms with E-state index in [1.54, 1.807) is 7.11 Å². The molecule has 2 aromatic carbocycles. The molecule has 0 aromatic heterocycles. The molecule has 0 radical (unpaired) electrons. The van der Waals surface area contributed by atoms with Gasteiger partial charge in [0.15, 0.2) is 11.5 Å². The van der Waals surface area contributed by atoms with Gasteiger partial charge in [0.05, 0.1) is 7.11 Å². The summed E-state index contributed by atoms with van der Waals surface area (Å²) in [6.45, 7) is 6.26. The van der Waals surface area contributed by atoms with Crippen molar-refractivity contribution < 1.29 is 9.47 Å². The molecule has 3 heteroatoms. The van der Waals surface area contributed by atoms with E-state index in [2.05, 4.69) is 36.1 Å². The number of hydrogen-bond donors (Lipinski definition) is 0. The van der Waals surface area contributed by atoms with E-state index < -0.39 is 0 Å². The Labute approximate surface area is 145 Å². The Balaban J connectivity index is 1.68. The van der Waals surface area contributed by atoms with Gasteiger partial charge in [-0.05, 0) is 48.6 Å². The summed E-state index contributed by atoms with van der Waals surface area (Å²) in [6, 6.07) is 16.5. The first-order valence-corrected chi connectivity index (χ1v) is 8.80. The topological polar surface area (TPSA) is 21.7 Å². The maximum Gasteiger partial charge on any atom is 0.161 e. The Hall–Kier alpha value is -2.00. The molecule has 128 valence electrons. The predicted molar refractivity (Wildman–Crippen MR) is 97.4 cm³/mol. The lowest BCUT2D eigenvalue weighted by molar-refractivity contribution is 0.176. The first-order chi connectivity index (χ1) is 11.7. The lowest BCUT2D eigenvalue weighted by Gasteiger charge is -2.31. The number of likely N-dealkylation sites (tertiary alicyclic amines) is 1. The zero-order chi connectivity index (χ0) is 16.8. The number of hydrogen-bond acceptors (Lipinski definition) is 3. The molecular weight excluding hydrogens is 298 g/mol. The molecule has 2 aromatic rings. The van der Waals surface area contributed by atoms with Gasteiger partial charge in [-0.2, -0.15) is 0 Å². The first kappa shape index (κ1) is 16.8. The van der Waals surface area contributed by atoms with Gasteiger partial charge in [0, 0.05) is 13.1 Å². The Morgan fingerprint density at radius 3 is 2.62 bits per heavy atom. The summed E-state index contributed by atoms with van der Waals surface area (Å²) in [5, 5.41) is 0. The van der Waals surface area contributed by atoms with E-state index >= 15 is 0 Å². The summed E-state index contributed by atoms with van der Waals surface area (Å²) in [7, 11) is 1.69. The van der Waals surface area contributed by atoms with Crippen molar-refractivity contribution in [3.05, 3.63) is 59.7 Å². The average Bonchev–Trinajstić information content (AvgIpc) is 2.61. The molecule has 1 heterocycles. The molecular formula is C21H27NO2. The smallest absolute Gasteiger partial charge is 0.161 e. The van der Waals surface area contributed by atoms with Crippen LogP contribution in [0, 0.1) is 5.92 Å². The van der Waals surface area contributed by atoms with Crippen LogP contribution in [0.2, 0.25) is 0 Å². The van der Waals surface area contributed by atoms with Gasteiger partial charge >= 0.3 is 0 Å². The van der Waals surface area contributed by atoms with E-state index in [1.165, 1.54) is 31.5 Å². The Bertz CT molecular complexity index is 642. The Kier molecular flexibility index (Phi) is 5.76. The van der Waals surface area contributed by atoms with Crippen LogP contribution in [0.25, 0.3) is 0 Å². The minimum Gasteiger partial charge on any atom is -0.493 e. The monoisotopic (exact) mass is 325 g/mol. The zero-order valence-corrected chi connectivity index (χ0v) is 14.7. The van der Waals surface area contributed by atoms with Crippen molar-refractivity contribution in [1.82, 2.24) is 4.90 Å². The van der Waals surface area contributed by atoms with Crippen LogP contribution in [-0.4, -0.2) is 25.1 Å². The van der Waals surface area contributed by atoms with E-state index in [9.17, 15) is 0 Å². The van der Waals surface area contributed by atoms with Crippen molar-refractivity contribution in [3.8, 4) is 11.5 Å². The lowest BCUT2D eigenvalue weighted by atomic mass is 10.00. The number of piperidine rings is 1. The molecule has 1 aliphatic heterocycles. The Morgan fingerprint density at radius 1 is 1.04 bits per heavy atom. The van der Waals surface area contributed by atoms with Crippen LogP contribution >= 0.6 is 0 Å². The highest BCUT2D eigenvalue weighted by atomic mass is 16.5. The third-order valence-electron chi connectivity index (χ3n) is 4.61. The molecule has 1 saturated heterocycles. The standard InChI is InChI=1S/C21H27NO2/c1-17-7-6-12-22(14-17)15-19-10-11-20(23-2)21(13-19)24-16-18-8-4-3-5-9-18/h3-5,8-11,13,17H,6-7,12,14-16H2,1-2H3/t17-/m0/s1. The first-order valence-electron chi connectivity index (χ1n) is 8.80. The summed E-state index contributed by atoms with van der Waals surface area (Å²) >= 11 is 0. The second-order valence-corrected chi connectivity index (χ2v) is 6.74. The van der Waals surface area contributed by atoms with E-state index in [0.29, 0.717) is 6.61 Å². The van der Waals surface area contributed by atoms with Crippen LogP contribution in [0.3, 0.4) is 0 Å². The average molecular weight is 325 g/mol. The van der Waals surface area contributed by atoms with Gasteiger partial charge in [0.2, 0.25) is 0 Å². The summed E-state index contributed by atoms with van der Waals surface area (Å²) in [4.78, 5) is 2.54. The normalized spacial score (nSPS) is 18.3. The summed E-state index contributed by atoms with van der Waals surface area (Å²) in [6.07, 6.45) is 2.65. The van der Waals surface area contributed by atoms with Crippen LogP contribution in [0.5, 0.6) is 11.5 Å². The predicted octanol–water partition coefficient (Wildman–Crippen LogP) is 4.51. The fraction of sp³-hybridized carbons (Fsp3) is 0.429. The quantitative estimate of drug-likeness (QED) is 0.780. The van der Waals surface area contributed by atoms with Gasteiger partial charge in [-0.15, -0.1) is 0 Å². The van der Waals surface area contributed by atoms with Crippen LogP contribution in [0.4, 0.5) is 0 Å². The second kappa shape index (κ2) is 8.20. The van der Waals surface area contributed by atoms with Crippen molar-refractivity contribution in [2.45, 2.75) is 32.9 Å². The number of rotatable bonds is 6. The third-order valence-corrected chi connectivity index (χ3v) is 4.61. The fourth-order valence-electron chi connectivity index (χ4n) is 3.36. The maximum absolute atomic E-state index is 6.02. The molecule has 3 nitrogen and oxygen atoms in total. The number of nitrogens with zero attached hydrogens (tertiary/aromatic N) is 1. The van der Waals surface area contributed by atoms with Gasteiger partial charge in [-0.1, -0.05) is 43.3 Å². The molecule has 0 aliphatic carbocycles. The SMILES string of the molecule is COc1ccc(CN2CCC[C@H](C)C2)cc1OCc1ccccc1. The van der Waals surface area contributed by atoms with Crippen molar-refractivity contribution in [2.75, 3.05) is 20.2 Å². The van der Waals surface area contributed by atoms with Crippen molar-refractivity contribution in [3.63, 3.8) is 0 Å². The largest absolute Gasteiger partial charge is 0.493 e. The highest BCUT2D eigenvalue weighted by Crippen LogP contribution is 2.30. The third kappa shape index (κ3) is 4.51. The molecule has 0 unspecified atom stereocenters. The number of benzene rings is 2. The summed E-state index contributed by atoms with van der Waals surface area (Å²) in [5.74, 6) is 2.41. The number of ether oxygens (including phenoxy) is 2. The molecule has 0 saturated carbocycles. The van der Waals surface area contributed by atoms with Gasteiger partial charge in [-0.25, -0.2) is 0 Å². The highest BCUT2D eigenvalue weighted by Gasteiger charge is 2.17. The highest BCUT2D eigenvalue weighted by molar-refractivity contribution is 5.43. The summed E-state index contributed by atoms with van der Waals surface area (Å²) < 4.78 is 11.5. The zero-order valence-electron chi connectivity index (χ0n) is 14.7. The van der Waals surface area contributed by atoms with Crippen molar-refractivity contribution in [2.24, 2.45) is 5.92 Å². The Morgan fingerprint density at radius 2 is 1.88 bits per heavy atom. The van der Waals surface area contributed by atoms with Crippen molar-refractivity contribution in [1.29, 1.82) is 0 Å². The molecule has 1 aliphatic rings. The van der Waals surface area contributed by atoms with Crippen LogP contribution < -0.4 is 9.47 Å². The van der Waals surface area contributed by atoms with Crippen LogP contribution in [-0.2, 0) is 13.2 Å². The van der Waals surface area contributed by atoms with Gasteiger partial charge < -0.3 is 9.47 Å². The molecule has 1 fully saturated rings. The van der Waals surface area contributed by atoms with Gasteiger partial charge in [-0.3, -0.25) is 4.90 Å². The minimum atomic E-state index is 0.557. The lowest BCUT2D eigenvalue weighted by Crippen LogP contribution is -2.33. The molecule has 0 N–H and O–H groups in total. The number of methoxy groups -OCH3 is 1. The van der Waals surface area contributed by atoms with E-state index in [1.807, 2.05) is 24.3 Å². The maximum atomic E-state index is 6.02. The molecule has 0 spiro atoms. The van der Waals surface area contributed by atoms with Gasteiger partial charge in [0.25, 0.3) is 0 Å². The van der Waals surface area contributed by atoms with E-state index in [0.717, 1.165) is 29.5 Å². The van der Waals surface area contributed by atoms with Crippen LogP contribution in [0.1, 0.15) is 30.9 Å². The minimum absolute atomic E-state index is 0.557. The molecule has 24 heavy (non-hydrogen) atoms. The second-order valence-electron chi connectivity index (χ2n) is 6.74. The molecule has 3 rings (SSSR count). The molecule has 1 atom stereocenters.